The Morgan fingerprint density at radius 1 is 1.58 bits per heavy atom. The topological polar surface area (TPSA) is 71.2 Å². The predicted molar refractivity (Wildman–Crippen MR) is 68.3 cm³/mol. The summed E-state index contributed by atoms with van der Waals surface area (Å²) >= 11 is 0. The third kappa shape index (κ3) is 3.99. The fourth-order valence-electron chi connectivity index (χ4n) is 2.19. The maximum atomic E-state index is 11.9. The van der Waals surface area contributed by atoms with E-state index in [0.29, 0.717) is 19.1 Å². The van der Waals surface area contributed by atoms with Gasteiger partial charge in [-0.05, 0) is 18.8 Å². The molecule has 0 aromatic carbocycles. The van der Waals surface area contributed by atoms with E-state index in [0.717, 1.165) is 19.1 Å². The number of nitrogens with zero attached hydrogens (tertiary/aromatic N) is 1. The molecule has 0 bridgehead atoms. The number of hydrogen-bond acceptors (Lipinski definition) is 5. The second-order valence-electron chi connectivity index (χ2n) is 5.47. The Balaban J connectivity index is 1.64. The van der Waals surface area contributed by atoms with Crippen LogP contribution >= 0.6 is 0 Å². The van der Waals surface area contributed by atoms with Crippen LogP contribution in [0.15, 0.2) is 0 Å². The van der Waals surface area contributed by atoms with Crippen molar-refractivity contribution in [1.82, 2.24) is 10.2 Å². The Labute approximate surface area is 113 Å². The number of aldehydes is 1. The van der Waals surface area contributed by atoms with Gasteiger partial charge in [0.05, 0.1) is 19.2 Å². The predicted octanol–water partition coefficient (Wildman–Crippen LogP) is 0.121. The van der Waals surface area contributed by atoms with Gasteiger partial charge in [-0.25, -0.2) is 0 Å². The van der Waals surface area contributed by atoms with Gasteiger partial charge in [0.2, 0.25) is 5.91 Å². The molecule has 2 aliphatic heterocycles. The lowest BCUT2D eigenvalue weighted by Crippen LogP contribution is -2.42. The highest BCUT2D eigenvalue weighted by atomic mass is 16.8. The lowest BCUT2D eigenvalue weighted by Gasteiger charge is -2.20. The van der Waals surface area contributed by atoms with Crippen LogP contribution in [0.5, 0.6) is 0 Å². The lowest BCUT2D eigenvalue weighted by atomic mass is 10.2. The molecule has 2 fully saturated rings. The summed E-state index contributed by atoms with van der Waals surface area (Å²) in [5, 5.41) is 3.00. The molecule has 6 heteroatoms. The summed E-state index contributed by atoms with van der Waals surface area (Å²) < 4.78 is 10.7. The number of likely N-dealkylation sites (tertiary alicyclic amines) is 1. The summed E-state index contributed by atoms with van der Waals surface area (Å²) in [4.78, 5) is 24.4. The number of rotatable bonds is 7. The first-order valence-electron chi connectivity index (χ1n) is 6.87. The van der Waals surface area contributed by atoms with Crippen LogP contribution in [-0.4, -0.2) is 55.3 Å². The summed E-state index contributed by atoms with van der Waals surface area (Å²) in [6.07, 6.45) is 2.09. The molecule has 0 saturated carbocycles. The molecule has 6 nitrogen and oxygen atoms in total. The number of hydrogen-bond donors (Lipinski definition) is 1. The minimum Gasteiger partial charge on any atom is -0.348 e. The van der Waals surface area contributed by atoms with Crippen molar-refractivity contribution in [3.05, 3.63) is 0 Å². The molecular formula is C13H22N2O4. The van der Waals surface area contributed by atoms with E-state index in [2.05, 4.69) is 19.2 Å². The zero-order valence-electron chi connectivity index (χ0n) is 11.5. The van der Waals surface area contributed by atoms with Crippen LogP contribution in [0.2, 0.25) is 0 Å². The Hall–Kier alpha value is -0.980. The van der Waals surface area contributed by atoms with E-state index in [4.69, 9.17) is 9.47 Å². The molecule has 1 amide bonds. The van der Waals surface area contributed by atoms with Gasteiger partial charge in [-0.15, -0.1) is 0 Å². The Bertz CT molecular complexity index is 335. The number of nitrogens with one attached hydrogen (secondary N) is 1. The molecule has 2 heterocycles. The van der Waals surface area contributed by atoms with Crippen molar-refractivity contribution in [2.75, 3.05) is 19.7 Å². The Kier molecular flexibility index (Phi) is 4.90. The van der Waals surface area contributed by atoms with Crippen LogP contribution < -0.4 is 5.32 Å². The number of amides is 1. The van der Waals surface area contributed by atoms with Crippen LogP contribution in [0.1, 0.15) is 26.7 Å². The van der Waals surface area contributed by atoms with Crippen LogP contribution in [-0.2, 0) is 19.1 Å². The van der Waals surface area contributed by atoms with E-state index < -0.39 is 0 Å². The highest BCUT2D eigenvalue weighted by Gasteiger charge is 2.40. The molecule has 0 aliphatic carbocycles. The maximum absolute atomic E-state index is 11.9. The summed E-state index contributed by atoms with van der Waals surface area (Å²) in [7, 11) is 0. The number of carbonyl (C=O) groups is 2. The third-order valence-electron chi connectivity index (χ3n) is 3.28. The molecule has 0 aromatic rings. The van der Waals surface area contributed by atoms with Crippen molar-refractivity contribution >= 4 is 12.2 Å². The fraction of sp³-hybridized carbons (Fsp3) is 0.846. The van der Waals surface area contributed by atoms with Crippen LogP contribution in [0.25, 0.3) is 0 Å². The average molecular weight is 270 g/mol. The van der Waals surface area contributed by atoms with Gasteiger partial charge in [0.1, 0.15) is 6.29 Å². The fourth-order valence-corrected chi connectivity index (χ4v) is 2.19. The minimum atomic E-state index is -0.248. The largest absolute Gasteiger partial charge is 0.348 e. The Morgan fingerprint density at radius 3 is 3.05 bits per heavy atom. The van der Waals surface area contributed by atoms with Crippen molar-refractivity contribution in [2.24, 2.45) is 5.92 Å². The first-order valence-corrected chi connectivity index (χ1v) is 6.87. The minimum absolute atomic E-state index is 0.0484. The first-order chi connectivity index (χ1) is 9.11. The van der Waals surface area contributed by atoms with Gasteiger partial charge in [0.15, 0.2) is 12.5 Å². The molecule has 19 heavy (non-hydrogen) atoms. The van der Waals surface area contributed by atoms with Crippen molar-refractivity contribution < 1.29 is 19.1 Å². The highest BCUT2D eigenvalue weighted by Crippen LogP contribution is 2.21. The zero-order valence-corrected chi connectivity index (χ0v) is 11.5. The summed E-state index contributed by atoms with van der Waals surface area (Å²) in [6, 6.07) is -0.248. The van der Waals surface area contributed by atoms with Crippen molar-refractivity contribution in [3.63, 3.8) is 0 Å². The quantitative estimate of drug-likeness (QED) is 0.525. The van der Waals surface area contributed by atoms with Gasteiger partial charge in [-0.3, -0.25) is 10.1 Å². The van der Waals surface area contributed by atoms with Crippen molar-refractivity contribution in [3.8, 4) is 0 Å². The third-order valence-corrected chi connectivity index (χ3v) is 3.28. The van der Waals surface area contributed by atoms with Crippen molar-refractivity contribution in [2.45, 2.75) is 45.2 Å². The molecule has 0 spiro atoms. The van der Waals surface area contributed by atoms with Gasteiger partial charge >= 0.3 is 0 Å². The SMILES string of the molecule is CC(C)COC1OC1NCC(=O)N1CCC[C@H]1C=O. The molecular weight excluding hydrogens is 248 g/mol. The van der Waals surface area contributed by atoms with Crippen LogP contribution in [0.4, 0.5) is 0 Å². The van der Waals surface area contributed by atoms with Gasteiger partial charge in [0.25, 0.3) is 0 Å². The molecule has 3 atom stereocenters. The summed E-state index contributed by atoms with van der Waals surface area (Å²) in [5.41, 5.74) is 0. The van der Waals surface area contributed by atoms with Crippen LogP contribution in [0.3, 0.4) is 0 Å². The molecule has 108 valence electrons. The van der Waals surface area contributed by atoms with E-state index in [1.54, 1.807) is 4.90 Å². The van der Waals surface area contributed by atoms with E-state index in [1.807, 2.05) is 0 Å². The highest BCUT2D eigenvalue weighted by molar-refractivity contribution is 5.82. The van der Waals surface area contributed by atoms with Crippen molar-refractivity contribution in [1.29, 1.82) is 0 Å². The monoisotopic (exact) mass is 270 g/mol. The van der Waals surface area contributed by atoms with E-state index in [-0.39, 0.29) is 31.0 Å². The van der Waals surface area contributed by atoms with E-state index in [1.165, 1.54) is 0 Å². The van der Waals surface area contributed by atoms with E-state index >= 15 is 0 Å². The Morgan fingerprint density at radius 2 is 2.37 bits per heavy atom. The molecule has 2 saturated heterocycles. The molecule has 2 rings (SSSR count). The normalized spacial score (nSPS) is 29.8. The first kappa shape index (κ1) is 14.4. The van der Waals surface area contributed by atoms with Crippen LogP contribution in [0, 0.1) is 5.92 Å². The lowest BCUT2D eigenvalue weighted by molar-refractivity contribution is -0.133. The molecule has 2 aliphatic rings. The van der Waals surface area contributed by atoms with Gasteiger partial charge in [-0.2, -0.15) is 0 Å². The smallest absolute Gasteiger partial charge is 0.237 e. The maximum Gasteiger partial charge on any atom is 0.237 e. The second-order valence-corrected chi connectivity index (χ2v) is 5.47. The second kappa shape index (κ2) is 6.45. The number of ether oxygens (including phenoxy) is 2. The van der Waals surface area contributed by atoms with Gasteiger partial charge in [-0.1, -0.05) is 13.8 Å². The average Bonchev–Trinajstić information content (AvgIpc) is 2.96. The molecule has 0 aromatic heterocycles. The molecule has 2 unspecified atom stereocenters. The summed E-state index contributed by atoms with van der Waals surface area (Å²) in [6.45, 7) is 5.65. The zero-order chi connectivity index (χ0) is 13.8. The standard InChI is InChI=1S/C13H22N2O4/c1-9(2)8-18-13-12(19-13)14-6-11(17)15-5-3-4-10(15)7-16/h7,9-10,12-14H,3-6,8H2,1-2H3/t10-,12?,13?/m0/s1. The summed E-state index contributed by atoms with van der Waals surface area (Å²) in [5.74, 6) is 0.414. The van der Waals surface area contributed by atoms with Gasteiger partial charge < -0.3 is 19.2 Å². The van der Waals surface area contributed by atoms with Gasteiger partial charge in [0, 0.05) is 6.54 Å². The number of carbonyl (C=O) groups excluding carboxylic acids is 2. The molecule has 0 radical (unpaired) electrons. The molecule has 1 N–H and O–H groups in total. The number of epoxide rings is 1. The van der Waals surface area contributed by atoms with E-state index in [9.17, 15) is 9.59 Å².